The molecular formula is C17H21NO2. The molecular weight excluding hydrogens is 250 g/mol. The smallest absolute Gasteiger partial charge is 0.249 e. The molecule has 0 spiro atoms. The van der Waals surface area contributed by atoms with Crippen LogP contribution in [0.25, 0.3) is 0 Å². The lowest BCUT2D eigenvalue weighted by molar-refractivity contribution is -0.129. The summed E-state index contributed by atoms with van der Waals surface area (Å²) in [5.74, 6) is 0.889. The molecule has 3 heteroatoms. The zero-order valence-electron chi connectivity index (χ0n) is 11.9. The molecule has 0 unspecified atom stereocenters. The summed E-state index contributed by atoms with van der Waals surface area (Å²) in [6, 6.07) is 10.8. The Morgan fingerprint density at radius 2 is 2.10 bits per heavy atom. The highest BCUT2D eigenvalue weighted by atomic mass is 16.5. The standard InChI is InChI=1S/C17H21NO2/c1-12(2)17(19)18-10-14(13-6-4-3-5-7-13)15-11-20-9-8-16(15)18/h3-7,14-16H,1,8-11H2,2H3/t14-,15-,16-/m1/s1. The summed E-state index contributed by atoms with van der Waals surface area (Å²) in [6.07, 6.45) is 0.938. The third kappa shape index (κ3) is 2.27. The highest BCUT2D eigenvalue weighted by Crippen LogP contribution is 2.41. The molecule has 106 valence electrons. The number of benzene rings is 1. The van der Waals surface area contributed by atoms with E-state index in [4.69, 9.17) is 4.74 Å². The van der Waals surface area contributed by atoms with Crippen LogP contribution in [0.4, 0.5) is 0 Å². The molecule has 2 aliphatic rings. The number of hydrogen-bond acceptors (Lipinski definition) is 2. The van der Waals surface area contributed by atoms with Gasteiger partial charge in [0.15, 0.2) is 0 Å². The predicted molar refractivity (Wildman–Crippen MR) is 78.4 cm³/mol. The molecule has 1 amide bonds. The van der Waals surface area contributed by atoms with Gasteiger partial charge in [0.25, 0.3) is 0 Å². The monoisotopic (exact) mass is 271 g/mol. The molecule has 0 saturated carbocycles. The van der Waals surface area contributed by atoms with Gasteiger partial charge in [0, 0.05) is 36.6 Å². The minimum atomic E-state index is 0.0975. The third-order valence-corrected chi connectivity index (χ3v) is 4.53. The zero-order chi connectivity index (χ0) is 14.1. The Morgan fingerprint density at radius 1 is 1.35 bits per heavy atom. The number of amides is 1. The summed E-state index contributed by atoms with van der Waals surface area (Å²) >= 11 is 0. The number of fused-ring (bicyclic) bond motifs is 1. The van der Waals surface area contributed by atoms with Gasteiger partial charge in [0.05, 0.1) is 6.61 Å². The van der Waals surface area contributed by atoms with E-state index in [0.29, 0.717) is 23.5 Å². The fraction of sp³-hybridized carbons (Fsp3) is 0.471. The fourth-order valence-corrected chi connectivity index (χ4v) is 3.53. The van der Waals surface area contributed by atoms with Crippen LogP contribution in [0.3, 0.4) is 0 Å². The highest BCUT2D eigenvalue weighted by Gasteiger charge is 2.45. The Bertz CT molecular complexity index is 511. The van der Waals surface area contributed by atoms with Crippen molar-refractivity contribution in [1.29, 1.82) is 0 Å². The van der Waals surface area contributed by atoms with Crippen LogP contribution < -0.4 is 0 Å². The van der Waals surface area contributed by atoms with Gasteiger partial charge in [0.1, 0.15) is 0 Å². The summed E-state index contributed by atoms with van der Waals surface area (Å²) in [4.78, 5) is 14.4. The molecule has 20 heavy (non-hydrogen) atoms. The van der Waals surface area contributed by atoms with E-state index in [1.54, 1.807) is 6.92 Å². The van der Waals surface area contributed by atoms with E-state index >= 15 is 0 Å². The molecule has 1 aromatic rings. The second-order valence-electron chi connectivity index (χ2n) is 5.85. The molecule has 0 N–H and O–H groups in total. The number of likely N-dealkylation sites (tertiary alicyclic amines) is 1. The van der Waals surface area contributed by atoms with E-state index in [2.05, 4.69) is 30.8 Å². The van der Waals surface area contributed by atoms with E-state index in [9.17, 15) is 4.79 Å². The molecule has 0 aliphatic carbocycles. The first-order valence-electron chi connectivity index (χ1n) is 7.27. The van der Waals surface area contributed by atoms with Gasteiger partial charge in [-0.15, -0.1) is 0 Å². The van der Waals surface area contributed by atoms with Crippen molar-refractivity contribution in [2.24, 2.45) is 5.92 Å². The van der Waals surface area contributed by atoms with Crippen LogP contribution in [-0.2, 0) is 9.53 Å². The van der Waals surface area contributed by atoms with E-state index < -0.39 is 0 Å². The lowest BCUT2D eigenvalue weighted by Gasteiger charge is -2.32. The Morgan fingerprint density at radius 3 is 2.80 bits per heavy atom. The quantitative estimate of drug-likeness (QED) is 0.774. The van der Waals surface area contributed by atoms with E-state index in [1.807, 2.05) is 11.0 Å². The van der Waals surface area contributed by atoms with E-state index in [0.717, 1.165) is 26.2 Å². The third-order valence-electron chi connectivity index (χ3n) is 4.53. The second kappa shape index (κ2) is 5.41. The van der Waals surface area contributed by atoms with Crippen LogP contribution in [0, 0.1) is 5.92 Å². The van der Waals surface area contributed by atoms with Crippen molar-refractivity contribution in [3.63, 3.8) is 0 Å². The molecule has 3 nitrogen and oxygen atoms in total. The molecule has 2 aliphatic heterocycles. The van der Waals surface area contributed by atoms with Gasteiger partial charge in [0.2, 0.25) is 5.91 Å². The van der Waals surface area contributed by atoms with Crippen molar-refractivity contribution >= 4 is 5.91 Å². The first kappa shape index (κ1) is 13.4. The fourth-order valence-electron chi connectivity index (χ4n) is 3.53. The Balaban J connectivity index is 1.89. The zero-order valence-corrected chi connectivity index (χ0v) is 11.9. The maximum Gasteiger partial charge on any atom is 0.249 e. The predicted octanol–water partition coefficient (Wildman–Crippen LogP) is 2.59. The van der Waals surface area contributed by atoms with Gasteiger partial charge < -0.3 is 9.64 Å². The maximum atomic E-state index is 12.4. The van der Waals surface area contributed by atoms with Crippen molar-refractivity contribution < 1.29 is 9.53 Å². The summed E-state index contributed by atoms with van der Waals surface area (Å²) in [5, 5.41) is 0. The molecule has 0 radical (unpaired) electrons. The van der Waals surface area contributed by atoms with Gasteiger partial charge in [-0.05, 0) is 18.9 Å². The minimum Gasteiger partial charge on any atom is -0.381 e. The van der Waals surface area contributed by atoms with Crippen LogP contribution in [0.2, 0.25) is 0 Å². The Hall–Kier alpha value is -1.61. The van der Waals surface area contributed by atoms with Crippen LogP contribution in [0.1, 0.15) is 24.8 Å². The van der Waals surface area contributed by atoms with Crippen molar-refractivity contribution in [1.82, 2.24) is 4.90 Å². The van der Waals surface area contributed by atoms with Crippen LogP contribution >= 0.6 is 0 Å². The number of carbonyl (C=O) groups excluding carboxylic acids is 1. The Labute approximate surface area is 120 Å². The minimum absolute atomic E-state index is 0.0975. The van der Waals surface area contributed by atoms with E-state index in [1.165, 1.54) is 5.56 Å². The first-order valence-corrected chi connectivity index (χ1v) is 7.27. The molecule has 3 atom stereocenters. The average Bonchev–Trinajstić information content (AvgIpc) is 2.87. The normalized spacial score (nSPS) is 29.1. The van der Waals surface area contributed by atoms with Crippen molar-refractivity contribution in [3.8, 4) is 0 Å². The number of ether oxygens (including phenoxy) is 1. The van der Waals surface area contributed by atoms with Crippen LogP contribution in [-0.4, -0.2) is 36.6 Å². The van der Waals surface area contributed by atoms with Gasteiger partial charge in [-0.25, -0.2) is 0 Å². The highest BCUT2D eigenvalue weighted by molar-refractivity contribution is 5.92. The number of hydrogen-bond donors (Lipinski definition) is 0. The first-order chi connectivity index (χ1) is 9.68. The van der Waals surface area contributed by atoms with Gasteiger partial charge >= 0.3 is 0 Å². The molecule has 2 fully saturated rings. The molecule has 3 rings (SSSR count). The average molecular weight is 271 g/mol. The number of nitrogens with zero attached hydrogens (tertiary/aromatic N) is 1. The van der Waals surface area contributed by atoms with Gasteiger partial charge in [-0.1, -0.05) is 36.9 Å². The molecule has 2 heterocycles. The molecule has 0 aromatic heterocycles. The molecule has 1 aromatic carbocycles. The summed E-state index contributed by atoms with van der Waals surface area (Å²) in [6.45, 7) is 7.90. The lowest BCUT2D eigenvalue weighted by Crippen LogP contribution is -2.42. The largest absolute Gasteiger partial charge is 0.381 e. The molecule has 0 bridgehead atoms. The Kier molecular flexibility index (Phi) is 3.62. The lowest BCUT2D eigenvalue weighted by atomic mass is 9.84. The van der Waals surface area contributed by atoms with E-state index in [-0.39, 0.29) is 5.91 Å². The van der Waals surface area contributed by atoms with Crippen LogP contribution in [0.15, 0.2) is 42.5 Å². The van der Waals surface area contributed by atoms with Crippen molar-refractivity contribution in [2.75, 3.05) is 19.8 Å². The summed E-state index contributed by atoms with van der Waals surface area (Å²) in [7, 11) is 0. The topological polar surface area (TPSA) is 29.5 Å². The summed E-state index contributed by atoms with van der Waals surface area (Å²) in [5.41, 5.74) is 1.94. The SMILES string of the molecule is C=C(C)C(=O)N1C[C@H](c2ccccc2)[C@H]2COCC[C@H]21. The molecule has 2 saturated heterocycles. The summed E-state index contributed by atoms with van der Waals surface area (Å²) < 4.78 is 5.66. The maximum absolute atomic E-state index is 12.4. The van der Waals surface area contributed by atoms with Crippen molar-refractivity contribution in [2.45, 2.75) is 25.3 Å². The van der Waals surface area contributed by atoms with Gasteiger partial charge in [-0.2, -0.15) is 0 Å². The number of carbonyl (C=O) groups is 1. The van der Waals surface area contributed by atoms with Gasteiger partial charge in [-0.3, -0.25) is 4.79 Å². The second-order valence-corrected chi connectivity index (χ2v) is 5.85. The van der Waals surface area contributed by atoms with Crippen molar-refractivity contribution in [3.05, 3.63) is 48.0 Å². The van der Waals surface area contributed by atoms with Crippen LogP contribution in [0.5, 0.6) is 0 Å². The number of rotatable bonds is 2.